The molecule has 0 spiro atoms. The van der Waals surface area contributed by atoms with E-state index in [9.17, 15) is 0 Å². The van der Waals surface area contributed by atoms with E-state index >= 15 is 0 Å². The zero-order chi connectivity index (χ0) is 11.4. The van der Waals surface area contributed by atoms with Gasteiger partial charge >= 0.3 is 0 Å². The molecule has 2 saturated carbocycles. The fourth-order valence-corrected chi connectivity index (χ4v) is 3.69. The molecule has 2 aliphatic rings. The molecule has 0 aromatic rings. The van der Waals surface area contributed by atoms with E-state index in [-0.39, 0.29) is 0 Å². The normalized spacial score (nSPS) is 33.2. The van der Waals surface area contributed by atoms with Gasteiger partial charge in [0.15, 0.2) is 0 Å². The van der Waals surface area contributed by atoms with Crippen LogP contribution in [-0.2, 0) is 0 Å². The van der Waals surface area contributed by atoms with E-state index in [0.29, 0.717) is 0 Å². The van der Waals surface area contributed by atoms with Crippen LogP contribution in [0.25, 0.3) is 0 Å². The number of rotatable bonds is 3. The maximum absolute atomic E-state index is 3.53. The second kappa shape index (κ2) is 6.02. The molecule has 0 aromatic heterocycles. The van der Waals surface area contributed by atoms with Gasteiger partial charge in [-0.3, -0.25) is 4.90 Å². The molecule has 2 fully saturated rings. The van der Waals surface area contributed by atoms with Crippen molar-refractivity contribution >= 4 is 0 Å². The summed E-state index contributed by atoms with van der Waals surface area (Å²) in [5.74, 6) is 0. The van der Waals surface area contributed by atoms with Crippen LogP contribution in [0.15, 0.2) is 0 Å². The van der Waals surface area contributed by atoms with Crippen LogP contribution in [-0.4, -0.2) is 37.1 Å². The lowest BCUT2D eigenvalue weighted by Crippen LogP contribution is -2.53. The first-order chi connectivity index (χ1) is 7.83. The molecule has 0 radical (unpaired) electrons. The number of likely N-dealkylation sites (N-methyl/N-ethyl adjacent to an activating group) is 2. The maximum atomic E-state index is 3.53. The van der Waals surface area contributed by atoms with E-state index in [1.54, 1.807) is 0 Å². The maximum Gasteiger partial charge on any atom is 0.0249 e. The van der Waals surface area contributed by atoms with E-state index in [4.69, 9.17) is 0 Å². The van der Waals surface area contributed by atoms with Gasteiger partial charge < -0.3 is 5.32 Å². The smallest absolute Gasteiger partial charge is 0.0249 e. The topological polar surface area (TPSA) is 15.3 Å². The van der Waals surface area contributed by atoms with Crippen LogP contribution in [0.5, 0.6) is 0 Å². The minimum Gasteiger partial charge on any atom is -0.315 e. The van der Waals surface area contributed by atoms with Crippen LogP contribution >= 0.6 is 0 Å². The van der Waals surface area contributed by atoms with Crippen molar-refractivity contribution in [3.8, 4) is 0 Å². The molecule has 2 rings (SSSR count). The molecule has 0 saturated heterocycles. The average molecular weight is 224 g/mol. The molecule has 16 heavy (non-hydrogen) atoms. The first kappa shape index (κ1) is 12.4. The zero-order valence-electron chi connectivity index (χ0n) is 11.0. The quantitative estimate of drug-likeness (QED) is 0.793. The van der Waals surface area contributed by atoms with Crippen LogP contribution in [0.3, 0.4) is 0 Å². The predicted molar refractivity (Wildman–Crippen MR) is 69.7 cm³/mol. The zero-order valence-corrected chi connectivity index (χ0v) is 11.0. The van der Waals surface area contributed by atoms with Gasteiger partial charge in [0.05, 0.1) is 0 Å². The number of nitrogens with one attached hydrogen (secondary N) is 1. The molecular weight excluding hydrogens is 196 g/mol. The fraction of sp³-hybridized carbons (Fsp3) is 1.00. The average Bonchev–Trinajstić information content (AvgIpc) is 2.39. The van der Waals surface area contributed by atoms with E-state index < -0.39 is 0 Å². The van der Waals surface area contributed by atoms with Crippen LogP contribution < -0.4 is 5.32 Å². The van der Waals surface area contributed by atoms with Crippen molar-refractivity contribution in [1.82, 2.24) is 10.2 Å². The SMILES string of the molecule is CNC1CCCCC1N(C)C1CCCCC1. The Labute approximate surface area is 101 Å². The van der Waals surface area contributed by atoms with Crippen LogP contribution in [0.1, 0.15) is 57.8 Å². The van der Waals surface area contributed by atoms with Gasteiger partial charge in [0, 0.05) is 18.1 Å². The van der Waals surface area contributed by atoms with Gasteiger partial charge in [-0.2, -0.15) is 0 Å². The Bertz CT molecular complexity index is 199. The molecule has 2 nitrogen and oxygen atoms in total. The summed E-state index contributed by atoms with van der Waals surface area (Å²) in [6, 6.07) is 2.40. The summed E-state index contributed by atoms with van der Waals surface area (Å²) in [7, 11) is 4.51. The monoisotopic (exact) mass is 224 g/mol. The number of nitrogens with zero attached hydrogens (tertiary/aromatic N) is 1. The van der Waals surface area contributed by atoms with Gasteiger partial charge in [0.1, 0.15) is 0 Å². The number of hydrogen-bond donors (Lipinski definition) is 1. The molecule has 0 amide bonds. The molecule has 2 atom stereocenters. The second-order valence-electron chi connectivity index (χ2n) is 5.70. The Kier molecular flexibility index (Phi) is 4.66. The van der Waals surface area contributed by atoms with E-state index in [2.05, 4.69) is 24.3 Å². The third kappa shape index (κ3) is 2.78. The molecule has 0 aromatic carbocycles. The molecule has 0 heterocycles. The number of hydrogen-bond acceptors (Lipinski definition) is 2. The lowest BCUT2D eigenvalue weighted by molar-refractivity contribution is 0.0882. The van der Waals surface area contributed by atoms with Crippen molar-refractivity contribution in [2.75, 3.05) is 14.1 Å². The standard InChI is InChI=1S/C14H28N2/c1-15-13-10-6-7-11-14(13)16(2)12-8-4-3-5-9-12/h12-15H,3-11H2,1-2H3. The van der Waals surface area contributed by atoms with Gasteiger partial charge in [-0.1, -0.05) is 32.1 Å². The summed E-state index contributed by atoms with van der Waals surface area (Å²) in [5, 5.41) is 3.53. The van der Waals surface area contributed by atoms with Gasteiger partial charge in [0.2, 0.25) is 0 Å². The summed E-state index contributed by atoms with van der Waals surface area (Å²) in [5.41, 5.74) is 0. The highest BCUT2D eigenvalue weighted by molar-refractivity contribution is 4.89. The highest BCUT2D eigenvalue weighted by Crippen LogP contribution is 2.28. The first-order valence-electron chi connectivity index (χ1n) is 7.22. The highest BCUT2D eigenvalue weighted by Gasteiger charge is 2.31. The van der Waals surface area contributed by atoms with Crippen molar-refractivity contribution in [3.05, 3.63) is 0 Å². The van der Waals surface area contributed by atoms with E-state index in [1.165, 1.54) is 57.8 Å². The van der Waals surface area contributed by atoms with Crippen molar-refractivity contribution in [1.29, 1.82) is 0 Å². The lowest BCUT2D eigenvalue weighted by Gasteiger charge is -2.43. The van der Waals surface area contributed by atoms with Crippen molar-refractivity contribution in [3.63, 3.8) is 0 Å². The third-order valence-electron chi connectivity index (χ3n) is 4.77. The Hall–Kier alpha value is -0.0800. The Morgan fingerprint density at radius 1 is 0.875 bits per heavy atom. The van der Waals surface area contributed by atoms with Crippen LogP contribution in [0.2, 0.25) is 0 Å². The molecule has 94 valence electrons. The minimum atomic E-state index is 0.737. The van der Waals surface area contributed by atoms with Crippen molar-refractivity contribution < 1.29 is 0 Å². The molecular formula is C14H28N2. The fourth-order valence-electron chi connectivity index (χ4n) is 3.69. The van der Waals surface area contributed by atoms with E-state index in [1.807, 2.05) is 0 Å². The first-order valence-corrected chi connectivity index (χ1v) is 7.22. The summed E-state index contributed by atoms with van der Waals surface area (Å²) < 4.78 is 0. The largest absolute Gasteiger partial charge is 0.315 e. The van der Waals surface area contributed by atoms with Gasteiger partial charge in [-0.15, -0.1) is 0 Å². The molecule has 2 heteroatoms. The van der Waals surface area contributed by atoms with Crippen molar-refractivity contribution in [2.45, 2.75) is 75.9 Å². The third-order valence-corrected chi connectivity index (χ3v) is 4.77. The Balaban J connectivity index is 1.92. The van der Waals surface area contributed by atoms with Crippen LogP contribution in [0, 0.1) is 0 Å². The van der Waals surface area contributed by atoms with Gasteiger partial charge in [-0.25, -0.2) is 0 Å². The Morgan fingerprint density at radius 3 is 2.19 bits per heavy atom. The summed E-state index contributed by atoms with van der Waals surface area (Å²) in [6.45, 7) is 0. The Morgan fingerprint density at radius 2 is 1.50 bits per heavy atom. The van der Waals surface area contributed by atoms with Crippen molar-refractivity contribution in [2.24, 2.45) is 0 Å². The molecule has 0 aliphatic heterocycles. The highest BCUT2D eigenvalue weighted by atomic mass is 15.2. The van der Waals surface area contributed by atoms with Crippen LogP contribution in [0.4, 0.5) is 0 Å². The summed E-state index contributed by atoms with van der Waals surface area (Å²) in [4.78, 5) is 2.71. The molecule has 0 bridgehead atoms. The summed E-state index contributed by atoms with van der Waals surface area (Å²) >= 11 is 0. The van der Waals surface area contributed by atoms with Gasteiger partial charge in [0.25, 0.3) is 0 Å². The summed E-state index contributed by atoms with van der Waals surface area (Å²) in [6.07, 6.45) is 12.9. The minimum absolute atomic E-state index is 0.737. The van der Waals surface area contributed by atoms with Gasteiger partial charge in [-0.05, 0) is 39.8 Å². The lowest BCUT2D eigenvalue weighted by atomic mass is 9.86. The second-order valence-corrected chi connectivity index (χ2v) is 5.70. The van der Waals surface area contributed by atoms with E-state index in [0.717, 1.165) is 18.1 Å². The molecule has 2 unspecified atom stereocenters. The molecule has 2 aliphatic carbocycles. The predicted octanol–water partition coefficient (Wildman–Crippen LogP) is 2.78. The molecule has 1 N–H and O–H groups in total.